The largest absolute Gasteiger partial charge is 0.486 e. The predicted octanol–water partition coefficient (Wildman–Crippen LogP) is 0.641. The molecule has 1 heterocycles. The second-order valence-electron chi connectivity index (χ2n) is 4.23. The summed E-state index contributed by atoms with van der Waals surface area (Å²) in [5, 5.41) is 12.2. The first kappa shape index (κ1) is 13.6. The Balaban J connectivity index is 2.05. The number of carboxylic acid groups (broad SMARTS) is 1. The monoisotopic (exact) mass is 286 g/mol. The van der Waals surface area contributed by atoms with E-state index in [1.54, 1.807) is 0 Å². The Morgan fingerprint density at radius 3 is 2.58 bits per heavy atom. The molecule has 1 aromatic rings. The fraction of sp³-hybridized carbons (Fsp3) is 0.545. The van der Waals surface area contributed by atoms with E-state index in [9.17, 15) is 9.59 Å². The maximum atomic E-state index is 11.9. The number of nitrogens with zero attached hydrogens (tertiary/aromatic N) is 1. The van der Waals surface area contributed by atoms with Crippen molar-refractivity contribution in [3.63, 3.8) is 0 Å². The number of aromatic nitrogens is 1. The molecule has 1 amide bonds. The lowest BCUT2D eigenvalue weighted by Crippen LogP contribution is -2.36. The Morgan fingerprint density at radius 1 is 1.42 bits per heavy atom. The summed E-state index contributed by atoms with van der Waals surface area (Å²) in [4.78, 5) is 22.9. The molecule has 19 heavy (non-hydrogen) atoms. The van der Waals surface area contributed by atoms with Gasteiger partial charge in [-0.2, -0.15) is 4.37 Å². The zero-order valence-electron chi connectivity index (χ0n) is 10.6. The van der Waals surface area contributed by atoms with Gasteiger partial charge in [0.15, 0.2) is 0 Å². The van der Waals surface area contributed by atoms with E-state index in [0.29, 0.717) is 29.3 Å². The topological polar surface area (TPSA) is 97.8 Å². The Hall–Kier alpha value is -1.83. The molecule has 0 radical (unpaired) electrons. The lowest BCUT2D eigenvalue weighted by Gasteiger charge is -2.11. The number of ether oxygens (including phenoxy) is 2. The van der Waals surface area contributed by atoms with Crippen molar-refractivity contribution >= 4 is 23.4 Å². The summed E-state index contributed by atoms with van der Waals surface area (Å²) in [5.74, 6) is -1.18. The molecule has 8 heteroatoms. The zero-order valence-corrected chi connectivity index (χ0v) is 11.4. The molecule has 1 fully saturated rings. The summed E-state index contributed by atoms with van der Waals surface area (Å²) in [6.07, 6.45) is 0.759. The molecule has 1 saturated carbocycles. The number of hydrogen-bond acceptors (Lipinski definition) is 6. The van der Waals surface area contributed by atoms with Crippen molar-refractivity contribution in [3.8, 4) is 10.9 Å². The average molecular weight is 286 g/mol. The van der Waals surface area contributed by atoms with Crippen LogP contribution in [0.25, 0.3) is 0 Å². The lowest BCUT2D eigenvalue weighted by atomic mass is 10.1. The molecule has 7 nitrogen and oxygen atoms in total. The smallest absolute Gasteiger partial charge is 0.319 e. The zero-order chi connectivity index (χ0) is 14.0. The Bertz CT molecular complexity index is 488. The molecule has 0 spiro atoms. The van der Waals surface area contributed by atoms with Crippen LogP contribution in [0.15, 0.2) is 0 Å². The quantitative estimate of drug-likeness (QED) is 0.745. The fourth-order valence-corrected chi connectivity index (χ4v) is 2.44. The molecule has 104 valence electrons. The van der Waals surface area contributed by atoms with E-state index >= 15 is 0 Å². The van der Waals surface area contributed by atoms with Gasteiger partial charge in [0.05, 0.1) is 26.3 Å². The number of carbonyl (C=O) groups is 2. The van der Waals surface area contributed by atoms with Crippen LogP contribution in [0, 0.1) is 5.41 Å². The molecule has 0 unspecified atom stereocenters. The highest BCUT2D eigenvalue weighted by Crippen LogP contribution is 2.46. The van der Waals surface area contributed by atoms with Gasteiger partial charge in [-0.05, 0) is 12.8 Å². The van der Waals surface area contributed by atoms with Crippen LogP contribution in [0.3, 0.4) is 0 Å². The standard InChI is InChI=1S/C11H14N2O5S/c1-17-7-6(8(18-2)19-13-7)5-12-9(14)11(3-4-11)10(15)16/h3-5H2,1-2H3,(H,12,14)(H,15,16). The van der Waals surface area contributed by atoms with E-state index in [1.807, 2.05) is 0 Å². The Kier molecular flexibility index (Phi) is 3.61. The van der Waals surface area contributed by atoms with Gasteiger partial charge in [-0.25, -0.2) is 0 Å². The van der Waals surface area contributed by atoms with Crippen LogP contribution >= 0.6 is 11.5 Å². The number of amides is 1. The molecule has 0 aliphatic heterocycles. The predicted molar refractivity (Wildman–Crippen MR) is 66.4 cm³/mol. The van der Waals surface area contributed by atoms with E-state index in [-0.39, 0.29) is 6.54 Å². The van der Waals surface area contributed by atoms with Crippen molar-refractivity contribution in [2.24, 2.45) is 5.41 Å². The lowest BCUT2D eigenvalue weighted by molar-refractivity contribution is -0.149. The minimum Gasteiger partial charge on any atom is -0.486 e. The van der Waals surface area contributed by atoms with E-state index in [1.165, 1.54) is 14.2 Å². The van der Waals surface area contributed by atoms with E-state index in [0.717, 1.165) is 11.5 Å². The second kappa shape index (κ2) is 5.04. The van der Waals surface area contributed by atoms with E-state index in [2.05, 4.69) is 9.69 Å². The van der Waals surface area contributed by atoms with Gasteiger partial charge in [-0.1, -0.05) is 0 Å². The first-order chi connectivity index (χ1) is 9.05. The van der Waals surface area contributed by atoms with Gasteiger partial charge in [0.2, 0.25) is 16.9 Å². The van der Waals surface area contributed by atoms with Gasteiger partial charge in [-0.3, -0.25) is 9.59 Å². The third-order valence-corrected chi connectivity index (χ3v) is 3.95. The molecule has 1 aromatic heterocycles. The van der Waals surface area contributed by atoms with Crippen molar-refractivity contribution in [2.75, 3.05) is 14.2 Å². The van der Waals surface area contributed by atoms with Gasteiger partial charge in [0.1, 0.15) is 5.41 Å². The summed E-state index contributed by atoms with van der Waals surface area (Å²) < 4.78 is 14.2. The minimum atomic E-state index is -1.25. The molecular formula is C11H14N2O5S. The average Bonchev–Trinajstić information content (AvgIpc) is 3.12. The van der Waals surface area contributed by atoms with E-state index < -0.39 is 17.3 Å². The second-order valence-corrected chi connectivity index (χ2v) is 4.97. The molecule has 2 rings (SSSR count). The highest BCUT2D eigenvalue weighted by molar-refractivity contribution is 7.08. The van der Waals surface area contributed by atoms with E-state index in [4.69, 9.17) is 14.6 Å². The summed E-state index contributed by atoms with van der Waals surface area (Å²) in [7, 11) is 2.97. The maximum absolute atomic E-state index is 11.9. The maximum Gasteiger partial charge on any atom is 0.319 e. The van der Waals surface area contributed by atoms with Crippen molar-refractivity contribution in [1.82, 2.24) is 9.69 Å². The number of carbonyl (C=O) groups excluding carboxylic acids is 1. The highest BCUT2D eigenvalue weighted by atomic mass is 32.1. The van der Waals surface area contributed by atoms with Crippen molar-refractivity contribution in [2.45, 2.75) is 19.4 Å². The number of aliphatic carboxylic acids is 1. The molecule has 0 saturated heterocycles. The molecule has 2 N–H and O–H groups in total. The van der Waals surface area contributed by atoms with Crippen LogP contribution in [-0.4, -0.2) is 35.6 Å². The molecule has 0 atom stereocenters. The van der Waals surface area contributed by atoms with Gasteiger partial charge in [-0.15, -0.1) is 0 Å². The van der Waals surface area contributed by atoms with Gasteiger partial charge in [0, 0.05) is 11.5 Å². The van der Waals surface area contributed by atoms with Gasteiger partial charge < -0.3 is 19.9 Å². The SMILES string of the molecule is COc1nsc(OC)c1CNC(=O)C1(C(=O)O)CC1. The third kappa shape index (κ3) is 2.35. The number of nitrogens with one attached hydrogen (secondary N) is 1. The summed E-state index contributed by atoms with van der Waals surface area (Å²) in [6, 6.07) is 0. The van der Waals surface area contributed by atoms with Crippen LogP contribution in [-0.2, 0) is 16.1 Å². The first-order valence-corrected chi connectivity index (χ1v) is 6.40. The minimum absolute atomic E-state index is 0.136. The molecule has 0 aromatic carbocycles. The Morgan fingerprint density at radius 2 is 2.11 bits per heavy atom. The summed E-state index contributed by atoms with van der Waals surface area (Å²) >= 11 is 1.12. The van der Waals surface area contributed by atoms with Crippen LogP contribution in [0.5, 0.6) is 10.9 Å². The van der Waals surface area contributed by atoms with Gasteiger partial charge in [0.25, 0.3) is 0 Å². The fourth-order valence-electron chi connectivity index (χ4n) is 1.75. The number of methoxy groups -OCH3 is 2. The van der Waals surface area contributed by atoms with Crippen molar-refractivity contribution in [1.29, 1.82) is 0 Å². The molecule has 1 aliphatic rings. The highest BCUT2D eigenvalue weighted by Gasteiger charge is 2.57. The van der Waals surface area contributed by atoms with Gasteiger partial charge >= 0.3 is 5.97 Å². The summed E-state index contributed by atoms with van der Waals surface area (Å²) in [5.41, 5.74) is -0.631. The number of hydrogen-bond donors (Lipinski definition) is 2. The van der Waals surface area contributed by atoms with Crippen LogP contribution in [0.2, 0.25) is 0 Å². The van der Waals surface area contributed by atoms with Crippen LogP contribution in [0.4, 0.5) is 0 Å². The first-order valence-electron chi connectivity index (χ1n) is 5.63. The number of rotatable bonds is 6. The summed E-state index contributed by atoms with van der Waals surface area (Å²) in [6.45, 7) is 0.136. The molecule has 0 bridgehead atoms. The normalized spacial score (nSPS) is 15.7. The van der Waals surface area contributed by atoms with Crippen LogP contribution in [0.1, 0.15) is 18.4 Å². The molecular weight excluding hydrogens is 272 g/mol. The van der Waals surface area contributed by atoms with Crippen molar-refractivity contribution in [3.05, 3.63) is 5.56 Å². The molecule has 1 aliphatic carbocycles. The Labute approximate surface area is 113 Å². The van der Waals surface area contributed by atoms with Crippen molar-refractivity contribution < 1.29 is 24.2 Å². The van der Waals surface area contributed by atoms with Crippen LogP contribution < -0.4 is 14.8 Å². The number of carboxylic acids is 1. The third-order valence-electron chi connectivity index (χ3n) is 3.11.